The molecule has 0 N–H and O–H groups in total. The Hall–Kier alpha value is -1.51. The molecule has 1 aromatic rings. The van der Waals surface area contributed by atoms with Crippen LogP contribution in [-0.2, 0) is 4.74 Å². The molecular formula is C11H15NO2. The molecule has 0 aliphatic heterocycles. The van der Waals surface area contributed by atoms with E-state index in [0.29, 0.717) is 5.56 Å². The number of nitrogens with zero attached hydrogens (tertiary/aromatic N) is 1. The van der Waals surface area contributed by atoms with Crippen LogP contribution in [0.25, 0.3) is 0 Å². The van der Waals surface area contributed by atoms with Gasteiger partial charge in [0.05, 0.1) is 12.7 Å². The summed E-state index contributed by atoms with van der Waals surface area (Å²) in [5.41, 5.74) is 2.76. The Morgan fingerprint density at radius 2 is 2.00 bits per heavy atom. The van der Waals surface area contributed by atoms with E-state index >= 15 is 0 Å². The van der Waals surface area contributed by atoms with E-state index in [1.807, 2.05) is 38.1 Å². The van der Waals surface area contributed by atoms with Crippen molar-refractivity contribution >= 4 is 11.7 Å². The zero-order valence-corrected chi connectivity index (χ0v) is 9.00. The van der Waals surface area contributed by atoms with Crippen LogP contribution in [0.2, 0.25) is 0 Å². The van der Waals surface area contributed by atoms with E-state index < -0.39 is 0 Å². The molecule has 1 rings (SSSR count). The molecule has 0 radical (unpaired) electrons. The number of ether oxygens (including phenoxy) is 1. The Labute approximate surface area is 84.3 Å². The van der Waals surface area contributed by atoms with E-state index in [1.165, 1.54) is 7.11 Å². The highest BCUT2D eigenvalue weighted by Crippen LogP contribution is 2.19. The molecule has 0 saturated heterocycles. The molecular weight excluding hydrogens is 178 g/mol. The third-order valence-electron chi connectivity index (χ3n) is 2.11. The van der Waals surface area contributed by atoms with Crippen molar-refractivity contribution in [2.75, 3.05) is 26.1 Å². The molecule has 0 spiro atoms. The van der Waals surface area contributed by atoms with Gasteiger partial charge in [0.1, 0.15) is 0 Å². The molecule has 0 fully saturated rings. The number of benzene rings is 1. The second-order valence-corrected chi connectivity index (χ2v) is 3.39. The predicted octanol–water partition coefficient (Wildman–Crippen LogP) is 1.85. The Bertz CT molecular complexity index is 345. The van der Waals surface area contributed by atoms with Gasteiger partial charge in [-0.15, -0.1) is 0 Å². The summed E-state index contributed by atoms with van der Waals surface area (Å²) in [6, 6.07) is 5.52. The highest BCUT2D eigenvalue weighted by Gasteiger charge is 2.08. The molecule has 76 valence electrons. The van der Waals surface area contributed by atoms with Crippen LogP contribution in [-0.4, -0.2) is 27.2 Å². The molecule has 3 nitrogen and oxygen atoms in total. The second kappa shape index (κ2) is 4.13. The van der Waals surface area contributed by atoms with Crippen molar-refractivity contribution in [1.29, 1.82) is 0 Å². The minimum Gasteiger partial charge on any atom is -0.465 e. The van der Waals surface area contributed by atoms with Gasteiger partial charge in [0.2, 0.25) is 0 Å². The third-order valence-corrected chi connectivity index (χ3v) is 2.11. The summed E-state index contributed by atoms with van der Waals surface area (Å²) >= 11 is 0. The van der Waals surface area contributed by atoms with E-state index in [2.05, 4.69) is 4.74 Å². The molecule has 3 heteroatoms. The first-order valence-corrected chi connectivity index (χ1v) is 4.42. The molecule has 0 atom stereocenters. The van der Waals surface area contributed by atoms with Gasteiger partial charge in [-0.1, -0.05) is 6.07 Å². The summed E-state index contributed by atoms with van der Waals surface area (Å²) in [5, 5.41) is 0. The first-order chi connectivity index (χ1) is 6.56. The molecule has 0 aliphatic rings. The minimum atomic E-state index is -0.298. The summed E-state index contributed by atoms with van der Waals surface area (Å²) in [7, 11) is 5.28. The summed E-state index contributed by atoms with van der Waals surface area (Å²) in [5.74, 6) is -0.298. The highest BCUT2D eigenvalue weighted by molar-refractivity contribution is 5.90. The lowest BCUT2D eigenvalue weighted by atomic mass is 10.1. The van der Waals surface area contributed by atoms with E-state index in [1.54, 1.807) is 6.07 Å². The zero-order valence-electron chi connectivity index (χ0n) is 9.00. The maximum atomic E-state index is 11.3. The van der Waals surface area contributed by atoms with Crippen LogP contribution in [0.5, 0.6) is 0 Å². The standard InChI is InChI=1S/C11H15NO2/c1-8-5-6-9(11(13)14-4)7-10(8)12(2)3/h5-7H,1-4H3. The summed E-state index contributed by atoms with van der Waals surface area (Å²) < 4.78 is 4.65. The van der Waals surface area contributed by atoms with E-state index in [4.69, 9.17) is 0 Å². The van der Waals surface area contributed by atoms with Crippen LogP contribution >= 0.6 is 0 Å². The Kier molecular flexibility index (Phi) is 3.12. The van der Waals surface area contributed by atoms with Gasteiger partial charge >= 0.3 is 5.97 Å². The minimum absolute atomic E-state index is 0.298. The number of carbonyl (C=O) groups excluding carboxylic acids is 1. The number of hydrogen-bond acceptors (Lipinski definition) is 3. The van der Waals surface area contributed by atoms with Crippen LogP contribution in [0.3, 0.4) is 0 Å². The molecule has 14 heavy (non-hydrogen) atoms. The number of methoxy groups -OCH3 is 1. The van der Waals surface area contributed by atoms with Gasteiger partial charge in [-0.3, -0.25) is 0 Å². The zero-order chi connectivity index (χ0) is 10.7. The maximum absolute atomic E-state index is 11.3. The van der Waals surface area contributed by atoms with Gasteiger partial charge in [0.15, 0.2) is 0 Å². The van der Waals surface area contributed by atoms with Crippen molar-refractivity contribution in [3.8, 4) is 0 Å². The number of anilines is 1. The Morgan fingerprint density at radius 3 is 2.50 bits per heavy atom. The van der Waals surface area contributed by atoms with Crippen molar-refractivity contribution in [1.82, 2.24) is 0 Å². The Morgan fingerprint density at radius 1 is 1.36 bits per heavy atom. The van der Waals surface area contributed by atoms with Crippen LogP contribution in [0, 0.1) is 6.92 Å². The predicted molar refractivity (Wildman–Crippen MR) is 56.8 cm³/mol. The summed E-state index contributed by atoms with van der Waals surface area (Å²) in [6.07, 6.45) is 0. The fraction of sp³-hybridized carbons (Fsp3) is 0.364. The lowest BCUT2D eigenvalue weighted by Gasteiger charge is -2.16. The largest absolute Gasteiger partial charge is 0.465 e. The van der Waals surface area contributed by atoms with Crippen LogP contribution in [0.4, 0.5) is 5.69 Å². The monoisotopic (exact) mass is 193 g/mol. The van der Waals surface area contributed by atoms with Crippen molar-refractivity contribution < 1.29 is 9.53 Å². The number of hydrogen-bond donors (Lipinski definition) is 0. The fourth-order valence-electron chi connectivity index (χ4n) is 1.34. The number of aryl methyl sites for hydroxylation is 1. The lowest BCUT2D eigenvalue weighted by Crippen LogP contribution is -2.12. The normalized spacial score (nSPS) is 9.71. The van der Waals surface area contributed by atoms with Gasteiger partial charge < -0.3 is 9.64 Å². The highest BCUT2D eigenvalue weighted by atomic mass is 16.5. The van der Waals surface area contributed by atoms with E-state index in [0.717, 1.165) is 11.3 Å². The molecule has 0 amide bonds. The number of carbonyl (C=O) groups is 1. The smallest absolute Gasteiger partial charge is 0.337 e. The van der Waals surface area contributed by atoms with Crippen LogP contribution in [0.1, 0.15) is 15.9 Å². The first kappa shape index (κ1) is 10.6. The van der Waals surface area contributed by atoms with E-state index in [-0.39, 0.29) is 5.97 Å². The van der Waals surface area contributed by atoms with Gasteiger partial charge in [0, 0.05) is 19.8 Å². The van der Waals surface area contributed by atoms with Crippen molar-refractivity contribution in [2.24, 2.45) is 0 Å². The molecule has 0 aliphatic carbocycles. The molecule has 0 heterocycles. The quantitative estimate of drug-likeness (QED) is 0.671. The number of esters is 1. The second-order valence-electron chi connectivity index (χ2n) is 3.39. The van der Waals surface area contributed by atoms with Gasteiger partial charge in [-0.05, 0) is 24.6 Å². The Balaban J connectivity index is 3.13. The molecule has 0 bridgehead atoms. The van der Waals surface area contributed by atoms with Gasteiger partial charge in [-0.2, -0.15) is 0 Å². The first-order valence-electron chi connectivity index (χ1n) is 4.42. The summed E-state index contributed by atoms with van der Waals surface area (Å²) in [4.78, 5) is 13.2. The van der Waals surface area contributed by atoms with Crippen LogP contribution < -0.4 is 4.90 Å². The van der Waals surface area contributed by atoms with Crippen molar-refractivity contribution in [3.05, 3.63) is 29.3 Å². The van der Waals surface area contributed by atoms with Gasteiger partial charge in [0.25, 0.3) is 0 Å². The lowest BCUT2D eigenvalue weighted by molar-refractivity contribution is 0.0601. The summed E-state index contributed by atoms with van der Waals surface area (Å²) in [6.45, 7) is 2.01. The SMILES string of the molecule is COC(=O)c1ccc(C)c(N(C)C)c1. The average molecular weight is 193 g/mol. The average Bonchev–Trinajstić information content (AvgIpc) is 2.17. The third kappa shape index (κ3) is 2.05. The molecule has 0 saturated carbocycles. The van der Waals surface area contributed by atoms with Crippen molar-refractivity contribution in [3.63, 3.8) is 0 Å². The number of rotatable bonds is 2. The maximum Gasteiger partial charge on any atom is 0.337 e. The molecule has 1 aromatic carbocycles. The fourth-order valence-corrected chi connectivity index (χ4v) is 1.34. The molecule has 0 aromatic heterocycles. The van der Waals surface area contributed by atoms with Gasteiger partial charge in [-0.25, -0.2) is 4.79 Å². The van der Waals surface area contributed by atoms with Crippen LogP contribution in [0.15, 0.2) is 18.2 Å². The molecule has 0 unspecified atom stereocenters. The topological polar surface area (TPSA) is 29.5 Å². The van der Waals surface area contributed by atoms with Crippen molar-refractivity contribution in [2.45, 2.75) is 6.92 Å². The van der Waals surface area contributed by atoms with E-state index in [9.17, 15) is 4.79 Å².